The molecular weight excluding hydrogens is 238 g/mol. The first kappa shape index (κ1) is 12.4. The fourth-order valence-corrected chi connectivity index (χ4v) is 2.94. The molecule has 0 radical (unpaired) electrons. The SMILES string of the molecule is CC(C)n1ccnc1CN1CCC[C@H]1c1ccn[nH]1. The first-order chi connectivity index (χ1) is 9.25. The van der Waals surface area contributed by atoms with Gasteiger partial charge >= 0.3 is 0 Å². The molecule has 2 aromatic rings. The number of imidazole rings is 1. The molecule has 5 heteroatoms. The Kier molecular flexibility index (Phi) is 3.38. The van der Waals surface area contributed by atoms with Crippen LogP contribution in [0.15, 0.2) is 24.7 Å². The van der Waals surface area contributed by atoms with Crippen LogP contribution in [0.2, 0.25) is 0 Å². The van der Waals surface area contributed by atoms with Gasteiger partial charge in [0.2, 0.25) is 0 Å². The zero-order valence-electron chi connectivity index (χ0n) is 11.6. The summed E-state index contributed by atoms with van der Waals surface area (Å²) in [6.07, 6.45) is 8.25. The first-order valence-electron chi connectivity index (χ1n) is 7.00. The Morgan fingerprint density at radius 1 is 1.42 bits per heavy atom. The highest BCUT2D eigenvalue weighted by Crippen LogP contribution is 2.31. The van der Waals surface area contributed by atoms with Crippen molar-refractivity contribution in [3.05, 3.63) is 36.2 Å². The van der Waals surface area contributed by atoms with Gasteiger partial charge in [-0.05, 0) is 39.3 Å². The van der Waals surface area contributed by atoms with Gasteiger partial charge in [-0.15, -0.1) is 0 Å². The van der Waals surface area contributed by atoms with Crippen LogP contribution >= 0.6 is 0 Å². The average molecular weight is 259 g/mol. The summed E-state index contributed by atoms with van der Waals surface area (Å²) in [6, 6.07) is 3.00. The Hall–Kier alpha value is -1.62. The van der Waals surface area contributed by atoms with Crippen molar-refractivity contribution in [3.8, 4) is 0 Å². The Labute approximate surface area is 113 Å². The van der Waals surface area contributed by atoms with Gasteiger partial charge in [-0.25, -0.2) is 4.98 Å². The van der Waals surface area contributed by atoms with E-state index in [1.54, 1.807) is 0 Å². The molecule has 3 heterocycles. The summed E-state index contributed by atoms with van der Waals surface area (Å²) >= 11 is 0. The number of H-pyrrole nitrogens is 1. The summed E-state index contributed by atoms with van der Waals surface area (Å²) in [5.74, 6) is 1.15. The van der Waals surface area contributed by atoms with Gasteiger partial charge in [-0.2, -0.15) is 5.10 Å². The maximum absolute atomic E-state index is 4.51. The second-order valence-corrected chi connectivity index (χ2v) is 5.48. The molecule has 0 saturated carbocycles. The van der Waals surface area contributed by atoms with Gasteiger partial charge in [0.05, 0.1) is 18.3 Å². The summed E-state index contributed by atoms with van der Waals surface area (Å²) in [4.78, 5) is 7.01. The van der Waals surface area contributed by atoms with Crippen LogP contribution < -0.4 is 0 Å². The largest absolute Gasteiger partial charge is 0.331 e. The van der Waals surface area contributed by atoms with Crippen molar-refractivity contribution in [2.24, 2.45) is 0 Å². The number of nitrogens with zero attached hydrogens (tertiary/aromatic N) is 4. The number of aromatic amines is 1. The predicted molar refractivity (Wildman–Crippen MR) is 73.6 cm³/mol. The van der Waals surface area contributed by atoms with Gasteiger partial charge in [-0.1, -0.05) is 0 Å². The molecule has 1 aliphatic heterocycles. The monoisotopic (exact) mass is 259 g/mol. The van der Waals surface area contributed by atoms with Crippen molar-refractivity contribution >= 4 is 0 Å². The number of rotatable bonds is 4. The summed E-state index contributed by atoms with van der Waals surface area (Å²) in [5, 5.41) is 7.18. The number of aromatic nitrogens is 4. The third kappa shape index (κ3) is 2.42. The minimum absolute atomic E-state index is 0.458. The van der Waals surface area contributed by atoms with Crippen LogP contribution in [0.1, 0.15) is 50.3 Å². The molecule has 19 heavy (non-hydrogen) atoms. The molecule has 1 saturated heterocycles. The lowest BCUT2D eigenvalue weighted by Gasteiger charge is -2.24. The highest BCUT2D eigenvalue weighted by molar-refractivity contribution is 5.08. The van der Waals surface area contributed by atoms with E-state index in [1.165, 1.54) is 18.5 Å². The van der Waals surface area contributed by atoms with Crippen molar-refractivity contribution in [2.75, 3.05) is 6.54 Å². The number of nitrogens with one attached hydrogen (secondary N) is 1. The van der Waals surface area contributed by atoms with E-state index in [1.807, 2.05) is 12.4 Å². The Balaban J connectivity index is 1.77. The van der Waals surface area contributed by atoms with E-state index < -0.39 is 0 Å². The predicted octanol–water partition coefficient (Wildman–Crippen LogP) is 2.52. The summed E-state index contributed by atoms with van der Waals surface area (Å²) in [5.41, 5.74) is 1.22. The van der Waals surface area contributed by atoms with Crippen LogP contribution in [0.5, 0.6) is 0 Å². The van der Waals surface area contributed by atoms with Gasteiger partial charge in [0.15, 0.2) is 0 Å². The fraction of sp³-hybridized carbons (Fsp3) is 0.571. The molecule has 0 unspecified atom stereocenters. The molecule has 0 bridgehead atoms. The third-order valence-corrected chi connectivity index (χ3v) is 3.89. The van der Waals surface area contributed by atoms with Crippen molar-refractivity contribution in [1.29, 1.82) is 0 Å². The molecular formula is C14H21N5. The zero-order valence-corrected chi connectivity index (χ0v) is 11.6. The van der Waals surface area contributed by atoms with Gasteiger partial charge in [0, 0.05) is 24.6 Å². The summed E-state index contributed by atoms with van der Waals surface area (Å²) in [7, 11) is 0. The second-order valence-electron chi connectivity index (χ2n) is 5.48. The minimum Gasteiger partial charge on any atom is -0.331 e. The highest BCUT2D eigenvalue weighted by atomic mass is 15.2. The molecule has 1 atom stereocenters. The molecule has 2 aromatic heterocycles. The van der Waals surface area contributed by atoms with Crippen LogP contribution in [0.25, 0.3) is 0 Å². The summed E-state index contributed by atoms with van der Waals surface area (Å²) in [6.45, 7) is 6.44. The van der Waals surface area contributed by atoms with E-state index in [4.69, 9.17) is 0 Å². The molecule has 0 amide bonds. The Morgan fingerprint density at radius 2 is 2.32 bits per heavy atom. The molecule has 1 N–H and O–H groups in total. The number of likely N-dealkylation sites (tertiary alicyclic amines) is 1. The third-order valence-electron chi connectivity index (χ3n) is 3.89. The van der Waals surface area contributed by atoms with E-state index >= 15 is 0 Å². The minimum atomic E-state index is 0.458. The standard InChI is InChI=1S/C14H21N5/c1-11(2)19-9-7-15-14(19)10-18-8-3-4-13(18)12-5-6-16-17-12/h5-7,9,11,13H,3-4,8,10H2,1-2H3,(H,16,17)/t13-/m0/s1. The second kappa shape index (κ2) is 5.17. The van der Waals surface area contributed by atoms with Crippen molar-refractivity contribution in [1.82, 2.24) is 24.6 Å². The molecule has 0 spiro atoms. The Morgan fingerprint density at radius 3 is 3.05 bits per heavy atom. The van der Waals surface area contributed by atoms with E-state index in [0.717, 1.165) is 18.9 Å². The first-order valence-corrected chi connectivity index (χ1v) is 7.00. The molecule has 3 rings (SSSR count). The quantitative estimate of drug-likeness (QED) is 0.918. The molecule has 102 valence electrons. The van der Waals surface area contributed by atoms with Crippen LogP contribution in [0.4, 0.5) is 0 Å². The maximum Gasteiger partial charge on any atom is 0.123 e. The topological polar surface area (TPSA) is 49.7 Å². The molecule has 5 nitrogen and oxygen atoms in total. The lowest BCUT2D eigenvalue weighted by Crippen LogP contribution is -2.25. The Bertz CT molecular complexity index is 514. The van der Waals surface area contributed by atoms with Crippen LogP contribution in [0.3, 0.4) is 0 Å². The van der Waals surface area contributed by atoms with Gasteiger partial charge in [0.25, 0.3) is 0 Å². The van der Waals surface area contributed by atoms with Gasteiger partial charge < -0.3 is 4.57 Å². The van der Waals surface area contributed by atoms with Crippen molar-refractivity contribution in [3.63, 3.8) is 0 Å². The van der Waals surface area contributed by atoms with Crippen molar-refractivity contribution in [2.45, 2.75) is 45.3 Å². The maximum atomic E-state index is 4.51. The van der Waals surface area contributed by atoms with E-state index in [2.05, 4.69) is 50.8 Å². The molecule has 0 aromatic carbocycles. The van der Waals surface area contributed by atoms with E-state index in [-0.39, 0.29) is 0 Å². The van der Waals surface area contributed by atoms with Crippen molar-refractivity contribution < 1.29 is 0 Å². The lowest BCUT2D eigenvalue weighted by atomic mass is 10.1. The van der Waals surface area contributed by atoms with Crippen LogP contribution in [-0.2, 0) is 6.54 Å². The van der Waals surface area contributed by atoms with Gasteiger partial charge in [0.1, 0.15) is 5.82 Å². The number of hydrogen-bond acceptors (Lipinski definition) is 3. The average Bonchev–Trinajstić information content (AvgIpc) is 3.09. The fourth-order valence-electron chi connectivity index (χ4n) is 2.94. The number of hydrogen-bond donors (Lipinski definition) is 1. The lowest BCUT2D eigenvalue weighted by molar-refractivity contribution is 0.233. The molecule has 1 aliphatic rings. The highest BCUT2D eigenvalue weighted by Gasteiger charge is 2.28. The normalized spacial score (nSPS) is 20.5. The van der Waals surface area contributed by atoms with Gasteiger partial charge in [-0.3, -0.25) is 10.00 Å². The molecule has 1 fully saturated rings. The van der Waals surface area contributed by atoms with E-state index in [9.17, 15) is 0 Å². The zero-order chi connectivity index (χ0) is 13.2. The van der Waals surface area contributed by atoms with Crippen LogP contribution in [-0.4, -0.2) is 31.2 Å². The molecule has 0 aliphatic carbocycles. The summed E-state index contributed by atoms with van der Waals surface area (Å²) < 4.78 is 2.25. The smallest absolute Gasteiger partial charge is 0.123 e. The van der Waals surface area contributed by atoms with Crippen LogP contribution in [0, 0.1) is 0 Å². The van der Waals surface area contributed by atoms with E-state index in [0.29, 0.717) is 12.1 Å².